The molecule has 0 aromatic carbocycles. The van der Waals surface area contributed by atoms with Gasteiger partial charge in [-0.1, -0.05) is 64.4 Å². The maximum atomic E-state index is 2.54. The van der Waals surface area contributed by atoms with Gasteiger partial charge in [0, 0.05) is 0 Å². The molecule has 1 atom stereocenters. The summed E-state index contributed by atoms with van der Waals surface area (Å²) in [5.74, 6) is 0. The van der Waals surface area contributed by atoms with Crippen molar-refractivity contribution in [1.29, 1.82) is 0 Å². The predicted octanol–water partition coefficient (Wildman–Crippen LogP) is 4.93. The highest BCUT2D eigenvalue weighted by Crippen LogP contribution is 2.28. The van der Waals surface area contributed by atoms with Crippen LogP contribution in [0.2, 0.25) is 44.8 Å². The summed E-state index contributed by atoms with van der Waals surface area (Å²) >= 11 is 0. The Balaban J connectivity index is 4.46. The minimum Gasteiger partial charge on any atom is -0.0989 e. The molecule has 0 heterocycles. The van der Waals surface area contributed by atoms with Gasteiger partial charge in [0.05, 0.1) is 16.1 Å². The zero-order valence-electron chi connectivity index (χ0n) is 11.1. The predicted molar refractivity (Wildman–Crippen MR) is 74.5 cm³/mol. The van der Waals surface area contributed by atoms with Gasteiger partial charge in [-0.25, -0.2) is 0 Å². The molecule has 0 N–H and O–H groups in total. The van der Waals surface area contributed by atoms with Crippen molar-refractivity contribution in [3.63, 3.8) is 0 Å². The highest BCUT2D eigenvalue weighted by atomic mass is 28.3. The average Bonchev–Trinajstić information content (AvgIpc) is 1.93. The summed E-state index contributed by atoms with van der Waals surface area (Å²) in [5.41, 5.74) is 3.42. The van der Waals surface area contributed by atoms with Crippen LogP contribution in [0.4, 0.5) is 0 Å². The van der Waals surface area contributed by atoms with Crippen LogP contribution in [-0.2, 0) is 0 Å². The van der Waals surface area contributed by atoms with Crippen LogP contribution in [0.15, 0.2) is 11.8 Å². The van der Waals surface area contributed by atoms with Gasteiger partial charge in [0.25, 0.3) is 0 Å². The fourth-order valence-electron chi connectivity index (χ4n) is 1.53. The highest BCUT2D eigenvalue weighted by Gasteiger charge is 2.23. The van der Waals surface area contributed by atoms with E-state index in [1.54, 1.807) is 0 Å². The van der Waals surface area contributed by atoms with Gasteiger partial charge in [0.2, 0.25) is 0 Å². The molecule has 0 saturated heterocycles. The molecule has 0 spiro atoms. The van der Waals surface area contributed by atoms with E-state index in [9.17, 15) is 0 Å². The van der Waals surface area contributed by atoms with Crippen molar-refractivity contribution in [2.24, 2.45) is 0 Å². The van der Waals surface area contributed by atoms with Crippen LogP contribution in [0.3, 0.4) is 0 Å². The molecule has 84 valence electrons. The molecule has 0 saturated carbocycles. The Labute approximate surface area is 92.8 Å². The van der Waals surface area contributed by atoms with E-state index in [1.165, 1.54) is 12.8 Å². The van der Waals surface area contributed by atoms with Crippen LogP contribution in [0.25, 0.3) is 0 Å². The summed E-state index contributed by atoms with van der Waals surface area (Å²) in [6.07, 6.45) is 5.25. The summed E-state index contributed by atoms with van der Waals surface area (Å²) in [7, 11) is -1.96. The minimum atomic E-state index is -0.986. The van der Waals surface area contributed by atoms with Crippen LogP contribution in [0.5, 0.6) is 0 Å². The lowest BCUT2D eigenvalue weighted by atomic mass is 10.2. The van der Waals surface area contributed by atoms with Crippen LogP contribution in [-0.4, -0.2) is 16.1 Å². The number of hydrogen-bond donors (Lipinski definition) is 0. The molecule has 0 aliphatic heterocycles. The molecular weight excluding hydrogens is 200 g/mol. The fourth-order valence-corrected chi connectivity index (χ4v) is 4.36. The number of allylic oxidation sites excluding steroid dienone is 1. The summed E-state index contributed by atoms with van der Waals surface area (Å²) in [5, 5.41) is 0. The number of hydrogen-bond acceptors (Lipinski definition) is 0. The summed E-state index contributed by atoms with van der Waals surface area (Å²) in [4.78, 5) is 0. The lowest BCUT2D eigenvalue weighted by molar-refractivity contribution is 0.791. The molecule has 0 aliphatic rings. The van der Waals surface area contributed by atoms with Gasteiger partial charge < -0.3 is 0 Å². The van der Waals surface area contributed by atoms with E-state index in [2.05, 4.69) is 58.0 Å². The van der Waals surface area contributed by atoms with Crippen molar-refractivity contribution in [3.8, 4) is 0 Å². The highest BCUT2D eigenvalue weighted by molar-refractivity contribution is 6.81. The zero-order valence-corrected chi connectivity index (χ0v) is 13.1. The molecule has 0 aromatic rings. The normalized spacial score (nSPS) is 16.2. The first-order valence-corrected chi connectivity index (χ1v) is 13.0. The quantitative estimate of drug-likeness (QED) is 0.585. The first kappa shape index (κ1) is 14.2. The second-order valence-electron chi connectivity index (χ2n) is 6.49. The largest absolute Gasteiger partial charge is 0.0989 e. The standard InChI is InChI=1S/C12H28Si2/c1-8-9-12(14(5,6)7)10-11-13(2,3)4/h10-12H,8-9H2,1-7H3/b11-10+. The summed E-state index contributed by atoms with van der Waals surface area (Å²) < 4.78 is 0. The Bertz CT molecular complexity index is 181. The van der Waals surface area contributed by atoms with Gasteiger partial charge in [0.15, 0.2) is 0 Å². The van der Waals surface area contributed by atoms with Gasteiger partial charge in [-0.3, -0.25) is 0 Å². The second kappa shape index (κ2) is 5.31. The third-order valence-electron chi connectivity index (χ3n) is 2.54. The Morgan fingerprint density at radius 1 is 1.00 bits per heavy atom. The van der Waals surface area contributed by atoms with E-state index in [0.29, 0.717) is 0 Å². The maximum Gasteiger partial charge on any atom is 0.0682 e. The van der Waals surface area contributed by atoms with E-state index in [1.807, 2.05) is 0 Å². The minimum absolute atomic E-state index is 0.888. The molecule has 0 radical (unpaired) electrons. The monoisotopic (exact) mass is 228 g/mol. The molecule has 14 heavy (non-hydrogen) atoms. The van der Waals surface area contributed by atoms with Crippen molar-refractivity contribution < 1.29 is 0 Å². The van der Waals surface area contributed by atoms with E-state index in [-0.39, 0.29) is 0 Å². The van der Waals surface area contributed by atoms with Crippen LogP contribution in [0, 0.1) is 0 Å². The van der Waals surface area contributed by atoms with Gasteiger partial charge in [-0.2, -0.15) is 0 Å². The van der Waals surface area contributed by atoms with Crippen LogP contribution >= 0.6 is 0 Å². The smallest absolute Gasteiger partial charge is 0.0682 e. The molecule has 0 aromatic heterocycles. The Kier molecular flexibility index (Phi) is 5.38. The SMILES string of the molecule is CCCC(/C=C/[Si](C)(C)C)[Si](C)(C)C. The molecule has 2 heteroatoms. The van der Waals surface area contributed by atoms with E-state index in [0.717, 1.165) is 5.54 Å². The maximum absolute atomic E-state index is 2.54. The molecule has 0 rings (SSSR count). The van der Waals surface area contributed by atoms with Gasteiger partial charge in [-0.15, -0.1) is 0 Å². The second-order valence-corrected chi connectivity index (χ2v) is 17.0. The van der Waals surface area contributed by atoms with E-state index in [4.69, 9.17) is 0 Å². The molecule has 0 fully saturated rings. The summed E-state index contributed by atoms with van der Waals surface area (Å²) in [6, 6.07) is 0. The molecule has 0 nitrogen and oxygen atoms in total. The lowest BCUT2D eigenvalue weighted by Crippen LogP contribution is -2.27. The van der Waals surface area contributed by atoms with E-state index < -0.39 is 16.1 Å². The van der Waals surface area contributed by atoms with Crippen molar-refractivity contribution >= 4 is 16.1 Å². The molecule has 0 amide bonds. The topological polar surface area (TPSA) is 0 Å². The van der Waals surface area contributed by atoms with Gasteiger partial charge >= 0.3 is 0 Å². The van der Waals surface area contributed by atoms with Crippen molar-refractivity contribution in [2.75, 3.05) is 0 Å². The Morgan fingerprint density at radius 3 is 1.79 bits per heavy atom. The third kappa shape index (κ3) is 6.60. The third-order valence-corrected chi connectivity index (χ3v) is 6.44. The van der Waals surface area contributed by atoms with Crippen molar-refractivity contribution in [3.05, 3.63) is 11.8 Å². The molecule has 1 unspecified atom stereocenters. The fraction of sp³-hybridized carbons (Fsp3) is 0.833. The van der Waals surface area contributed by atoms with Crippen LogP contribution < -0.4 is 0 Å². The average molecular weight is 229 g/mol. The first-order chi connectivity index (χ1) is 6.17. The number of rotatable bonds is 5. The van der Waals surface area contributed by atoms with Gasteiger partial charge in [-0.05, 0) is 12.0 Å². The molecule has 0 aliphatic carbocycles. The molecule has 0 bridgehead atoms. The Hall–Kier alpha value is 0.174. The van der Waals surface area contributed by atoms with Gasteiger partial charge in [0.1, 0.15) is 0 Å². The molecular formula is C12H28Si2. The first-order valence-electron chi connectivity index (χ1n) is 5.86. The lowest BCUT2D eigenvalue weighted by Gasteiger charge is -2.26. The van der Waals surface area contributed by atoms with Crippen molar-refractivity contribution in [1.82, 2.24) is 0 Å². The zero-order chi connectivity index (χ0) is 11.4. The van der Waals surface area contributed by atoms with Crippen molar-refractivity contribution in [2.45, 2.75) is 64.6 Å². The summed E-state index contributed by atoms with van der Waals surface area (Å²) in [6.45, 7) is 17.0. The Morgan fingerprint density at radius 2 is 1.50 bits per heavy atom. The van der Waals surface area contributed by atoms with Crippen LogP contribution in [0.1, 0.15) is 19.8 Å². The van der Waals surface area contributed by atoms with E-state index >= 15 is 0 Å².